The summed E-state index contributed by atoms with van der Waals surface area (Å²) in [6.45, 7) is -0.310. The summed E-state index contributed by atoms with van der Waals surface area (Å²) in [6.07, 6.45) is 2.96. The number of rotatable bonds is 5. The Bertz CT molecular complexity index is 984. The van der Waals surface area contributed by atoms with Crippen LogP contribution in [0.5, 0.6) is 0 Å². The van der Waals surface area contributed by atoms with E-state index in [0.717, 1.165) is 35.4 Å². The number of amides is 1. The Hall–Kier alpha value is -2.99. The van der Waals surface area contributed by atoms with E-state index in [4.69, 9.17) is 4.74 Å². The second-order valence-corrected chi connectivity index (χ2v) is 7.55. The molecule has 0 saturated carbocycles. The van der Waals surface area contributed by atoms with Gasteiger partial charge in [0, 0.05) is 10.9 Å². The molecule has 1 aromatic heterocycles. The van der Waals surface area contributed by atoms with Gasteiger partial charge >= 0.3 is 5.97 Å². The van der Waals surface area contributed by atoms with Gasteiger partial charge in [-0.2, -0.15) is 0 Å². The predicted octanol–water partition coefficient (Wildman–Crippen LogP) is 4.16. The van der Waals surface area contributed by atoms with E-state index in [1.165, 1.54) is 16.9 Å². The fourth-order valence-electron chi connectivity index (χ4n) is 3.43. The lowest BCUT2D eigenvalue weighted by Crippen LogP contribution is -2.34. The highest BCUT2D eigenvalue weighted by molar-refractivity contribution is 7.13. The number of carbonyl (C=O) groups is 2. The summed E-state index contributed by atoms with van der Waals surface area (Å²) in [6, 6.07) is 17.7. The molecule has 1 amide bonds. The molecule has 0 spiro atoms. The molecule has 1 aliphatic rings. The van der Waals surface area contributed by atoms with Gasteiger partial charge in [-0.15, -0.1) is 11.3 Å². The molecule has 142 valence electrons. The van der Waals surface area contributed by atoms with E-state index >= 15 is 0 Å². The summed E-state index contributed by atoms with van der Waals surface area (Å²) in [5, 5.41) is 5.38. The average Bonchev–Trinajstić information content (AvgIpc) is 3.23. The fraction of sp³-hybridized carbons (Fsp3) is 0.227. The standard InChI is InChI=1S/C22H20N2O3S/c25-20(23-18-12-6-10-15-7-4-5-11-17(15)18)13-27-22(26)19-14-28-21(24-19)16-8-2-1-3-9-16/h1-5,7-9,11,14,18H,6,10,12-13H2,(H,23,25)/t18-/m0/s1. The first-order valence-electron chi connectivity index (χ1n) is 9.26. The molecule has 0 fully saturated rings. The maximum Gasteiger partial charge on any atom is 0.358 e. The van der Waals surface area contributed by atoms with E-state index in [1.807, 2.05) is 48.5 Å². The van der Waals surface area contributed by atoms with Crippen LogP contribution >= 0.6 is 11.3 Å². The average molecular weight is 392 g/mol. The number of hydrogen-bond acceptors (Lipinski definition) is 5. The first-order valence-corrected chi connectivity index (χ1v) is 10.1. The number of benzene rings is 2. The molecule has 1 atom stereocenters. The predicted molar refractivity (Wildman–Crippen MR) is 108 cm³/mol. The third-order valence-electron chi connectivity index (χ3n) is 4.77. The summed E-state index contributed by atoms with van der Waals surface area (Å²) < 4.78 is 5.16. The van der Waals surface area contributed by atoms with Gasteiger partial charge in [-0.3, -0.25) is 4.79 Å². The summed E-state index contributed by atoms with van der Waals surface area (Å²) in [5.74, 6) is -0.883. The van der Waals surface area contributed by atoms with Crippen molar-refractivity contribution in [2.75, 3.05) is 6.61 Å². The van der Waals surface area contributed by atoms with E-state index in [2.05, 4.69) is 16.4 Å². The normalized spacial score (nSPS) is 15.5. The highest BCUT2D eigenvalue weighted by Gasteiger charge is 2.22. The first-order chi connectivity index (χ1) is 13.7. The van der Waals surface area contributed by atoms with Gasteiger partial charge in [0.05, 0.1) is 6.04 Å². The van der Waals surface area contributed by atoms with Crippen LogP contribution < -0.4 is 5.32 Å². The maximum atomic E-state index is 12.3. The van der Waals surface area contributed by atoms with E-state index in [-0.39, 0.29) is 24.2 Å². The van der Waals surface area contributed by atoms with Crippen LogP contribution in [0, 0.1) is 0 Å². The minimum absolute atomic E-state index is 0.0277. The molecule has 5 nitrogen and oxygen atoms in total. The Morgan fingerprint density at radius 3 is 2.75 bits per heavy atom. The molecule has 3 aromatic rings. The zero-order valence-electron chi connectivity index (χ0n) is 15.3. The van der Waals surface area contributed by atoms with Gasteiger partial charge in [0.25, 0.3) is 5.91 Å². The number of thiazole rings is 1. The van der Waals surface area contributed by atoms with Crippen molar-refractivity contribution in [1.82, 2.24) is 10.3 Å². The second-order valence-electron chi connectivity index (χ2n) is 6.69. The van der Waals surface area contributed by atoms with Crippen molar-refractivity contribution in [2.45, 2.75) is 25.3 Å². The van der Waals surface area contributed by atoms with Crippen LogP contribution in [0.3, 0.4) is 0 Å². The van der Waals surface area contributed by atoms with Gasteiger partial charge in [0.15, 0.2) is 12.3 Å². The number of nitrogens with one attached hydrogen (secondary N) is 1. The Morgan fingerprint density at radius 1 is 1.11 bits per heavy atom. The number of fused-ring (bicyclic) bond motifs is 1. The molecule has 2 aromatic carbocycles. The van der Waals surface area contributed by atoms with E-state index in [9.17, 15) is 9.59 Å². The molecule has 6 heteroatoms. The van der Waals surface area contributed by atoms with E-state index in [0.29, 0.717) is 0 Å². The smallest absolute Gasteiger partial charge is 0.358 e. The molecular weight excluding hydrogens is 372 g/mol. The Balaban J connectivity index is 1.33. The van der Waals surface area contributed by atoms with Crippen LogP contribution in [-0.2, 0) is 16.0 Å². The zero-order chi connectivity index (χ0) is 19.3. The van der Waals surface area contributed by atoms with Crippen molar-refractivity contribution in [3.8, 4) is 10.6 Å². The van der Waals surface area contributed by atoms with Crippen molar-refractivity contribution < 1.29 is 14.3 Å². The topological polar surface area (TPSA) is 68.3 Å². The highest BCUT2D eigenvalue weighted by atomic mass is 32.1. The van der Waals surface area contributed by atoms with Gasteiger partial charge in [-0.25, -0.2) is 9.78 Å². The Kier molecular flexibility index (Phi) is 5.48. The number of hydrogen-bond donors (Lipinski definition) is 1. The number of aromatic nitrogens is 1. The summed E-state index contributed by atoms with van der Waals surface area (Å²) >= 11 is 1.37. The molecule has 1 heterocycles. The van der Waals surface area contributed by atoms with Gasteiger partial charge in [0.1, 0.15) is 5.01 Å². The number of esters is 1. The minimum Gasteiger partial charge on any atom is -0.451 e. The van der Waals surface area contributed by atoms with Gasteiger partial charge in [0.2, 0.25) is 0 Å². The largest absolute Gasteiger partial charge is 0.451 e. The van der Waals surface area contributed by atoms with Gasteiger partial charge in [-0.1, -0.05) is 54.6 Å². The molecule has 28 heavy (non-hydrogen) atoms. The van der Waals surface area contributed by atoms with Gasteiger partial charge < -0.3 is 10.1 Å². The first kappa shape index (κ1) is 18.4. The molecule has 0 aliphatic heterocycles. The number of carbonyl (C=O) groups excluding carboxylic acids is 2. The molecule has 1 aliphatic carbocycles. The lowest BCUT2D eigenvalue weighted by atomic mass is 9.88. The van der Waals surface area contributed by atoms with Crippen molar-refractivity contribution in [3.63, 3.8) is 0 Å². The van der Waals surface area contributed by atoms with E-state index < -0.39 is 5.97 Å². The van der Waals surface area contributed by atoms with Crippen molar-refractivity contribution in [2.24, 2.45) is 0 Å². The van der Waals surface area contributed by atoms with Gasteiger partial charge in [-0.05, 0) is 30.4 Å². The van der Waals surface area contributed by atoms with E-state index in [1.54, 1.807) is 5.38 Å². The molecule has 0 saturated heterocycles. The van der Waals surface area contributed by atoms with Crippen molar-refractivity contribution in [1.29, 1.82) is 0 Å². The highest BCUT2D eigenvalue weighted by Crippen LogP contribution is 2.29. The molecule has 1 N–H and O–H groups in total. The quantitative estimate of drug-likeness (QED) is 0.662. The molecule has 0 bridgehead atoms. The molecule has 0 radical (unpaired) electrons. The SMILES string of the molecule is O=C(COC(=O)c1csc(-c2ccccc2)n1)N[C@H]1CCCc2ccccc21. The number of nitrogens with zero attached hydrogens (tertiary/aromatic N) is 1. The molecular formula is C22H20N2O3S. The number of ether oxygens (including phenoxy) is 1. The third kappa shape index (κ3) is 4.12. The van der Waals surface area contributed by atoms with Crippen LogP contribution in [0.1, 0.15) is 40.5 Å². The number of aryl methyl sites for hydroxylation is 1. The van der Waals surface area contributed by atoms with Crippen LogP contribution in [0.4, 0.5) is 0 Å². The lowest BCUT2D eigenvalue weighted by Gasteiger charge is -2.26. The zero-order valence-corrected chi connectivity index (χ0v) is 16.1. The Morgan fingerprint density at radius 2 is 1.89 bits per heavy atom. The lowest BCUT2D eigenvalue weighted by molar-refractivity contribution is -0.125. The fourth-order valence-corrected chi connectivity index (χ4v) is 4.22. The second kappa shape index (κ2) is 8.35. The van der Waals surface area contributed by atoms with Crippen LogP contribution in [0.2, 0.25) is 0 Å². The summed E-state index contributed by atoms with van der Waals surface area (Å²) in [7, 11) is 0. The van der Waals surface area contributed by atoms with Crippen LogP contribution in [-0.4, -0.2) is 23.5 Å². The maximum absolute atomic E-state index is 12.3. The minimum atomic E-state index is -0.586. The molecule has 4 rings (SSSR count). The van der Waals surface area contributed by atoms with Crippen molar-refractivity contribution >= 4 is 23.2 Å². The van der Waals surface area contributed by atoms with Crippen LogP contribution in [0.15, 0.2) is 60.0 Å². The Labute approximate surface area is 167 Å². The summed E-state index contributed by atoms with van der Waals surface area (Å²) in [4.78, 5) is 28.8. The van der Waals surface area contributed by atoms with Crippen molar-refractivity contribution in [3.05, 3.63) is 76.8 Å². The molecule has 0 unspecified atom stereocenters. The van der Waals surface area contributed by atoms with Crippen LogP contribution in [0.25, 0.3) is 10.6 Å². The monoisotopic (exact) mass is 392 g/mol. The third-order valence-corrected chi connectivity index (χ3v) is 5.66. The summed E-state index contributed by atoms with van der Waals surface area (Å²) in [5.41, 5.74) is 3.59.